The van der Waals surface area contributed by atoms with Crippen molar-refractivity contribution in [2.45, 2.75) is 25.4 Å². The summed E-state index contributed by atoms with van der Waals surface area (Å²) in [6.07, 6.45) is 3.65. The summed E-state index contributed by atoms with van der Waals surface area (Å²) in [5.41, 5.74) is 1.81. The first-order chi connectivity index (χ1) is 12.2. The number of benzene rings is 1. The molecule has 1 saturated heterocycles. The van der Waals surface area contributed by atoms with Gasteiger partial charge in [-0.15, -0.1) is 0 Å². The van der Waals surface area contributed by atoms with E-state index in [1.807, 2.05) is 35.2 Å². The maximum Gasteiger partial charge on any atom is 0.254 e. The van der Waals surface area contributed by atoms with Crippen LogP contribution in [0.5, 0.6) is 0 Å². The summed E-state index contributed by atoms with van der Waals surface area (Å²) < 4.78 is 0. The number of piperidine rings is 1. The van der Waals surface area contributed by atoms with Gasteiger partial charge in [-0.2, -0.15) is 0 Å². The Kier molecular flexibility index (Phi) is 5.66. The molecule has 1 aromatic heterocycles. The van der Waals surface area contributed by atoms with Crippen LogP contribution in [0, 0.1) is 5.92 Å². The first-order valence-corrected chi connectivity index (χ1v) is 8.82. The molecule has 1 atom stereocenters. The molecule has 0 radical (unpaired) electrons. The van der Waals surface area contributed by atoms with Crippen LogP contribution < -0.4 is 5.32 Å². The molecule has 25 heavy (non-hydrogen) atoms. The van der Waals surface area contributed by atoms with Crippen LogP contribution in [-0.2, 0) is 6.42 Å². The Morgan fingerprint density at radius 1 is 1.28 bits per heavy atom. The maximum atomic E-state index is 12.6. The third-order valence-corrected chi connectivity index (χ3v) is 4.92. The largest absolute Gasteiger partial charge is 0.392 e. The number of aliphatic hydroxyl groups excluding tert-OH is 1. The molecule has 1 aliphatic heterocycles. The lowest BCUT2D eigenvalue weighted by atomic mass is 9.88. The third-order valence-electron chi connectivity index (χ3n) is 4.92. The molecule has 0 aliphatic carbocycles. The summed E-state index contributed by atoms with van der Waals surface area (Å²) in [6.45, 7) is 1.37. The number of nitrogens with zero attached hydrogens (tertiary/aromatic N) is 2. The van der Waals surface area contributed by atoms with E-state index < -0.39 is 0 Å². The van der Waals surface area contributed by atoms with Gasteiger partial charge < -0.3 is 15.3 Å². The summed E-state index contributed by atoms with van der Waals surface area (Å²) in [4.78, 5) is 18.7. The van der Waals surface area contributed by atoms with Gasteiger partial charge in [0.05, 0.1) is 6.10 Å². The molecule has 1 aromatic carbocycles. The number of aliphatic hydroxyl groups is 1. The number of carbonyl (C=O) groups is 1. The van der Waals surface area contributed by atoms with E-state index >= 15 is 0 Å². The SMILES string of the molecule is CNc1cc(C(=O)N2CCC(C(O)Cc3ccccc3)CC2)ccn1. The van der Waals surface area contributed by atoms with Crippen molar-refractivity contribution in [1.29, 1.82) is 0 Å². The van der Waals surface area contributed by atoms with Crippen LogP contribution in [0.25, 0.3) is 0 Å². The van der Waals surface area contributed by atoms with Crippen LogP contribution in [0.4, 0.5) is 5.82 Å². The van der Waals surface area contributed by atoms with Gasteiger partial charge in [0.1, 0.15) is 5.82 Å². The van der Waals surface area contributed by atoms with E-state index in [0.29, 0.717) is 30.9 Å². The average molecular weight is 339 g/mol. The van der Waals surface area contributed by atoms with E-state index in [9.17, 15) is 9.90 Å². The van der Waals surface area contributed by atoms with Crippen molar-refractivity contribution in [2.24, 2.45) is 5.92 Å². The molecular formula is C20H25N3O2. The van der Waals surface area contributed by atoms with Crippen molar-refractivity contribution in [1.82, 2.24) is 9.88 Å². The van der Waals surface area contributed by atoms with Gasteiger partial charge in [0.25, 0.3) is 5.91 Å². The van der Waals surface area contributed by atoms with Crippen LogP contribution in [0.2, 0.25) is 0 Å². The average Bonchev–Trinajstić information content (AvgIpc) is 2.68. The van der Waals surface area contributed by atoms with Gasteiger partial charge in [-0.05, 0) is 42.9 Å². The highest BCUT2D eigenvalue weighted by Crippen LogP contribution is 2.24. The zero-order valence-electron chi connectivity index (χ0n) is 14.6. The molecule has 2 aromatic rings. The predicted molar refractivity (Wildman–Crippen MR) is 98.6 cm³/mol. The van der Waals surface area contributed by atoms with E-state index in [1.54, 1.807) is 25.4 Å². The Labute approximate surface area is 148 Å². The molecule has 132 valence electrons. The summed E-state index contributed by atoms with van der Waals surface area (Å²) in [6, 6.07) is 13.6. The van der Waals surface area contributed by atoms with Crippen molar-refractivity contribution in [2.75, 3.05) is 25.5 Å². The van der Waals surface area contributed by atoms with Crippen molar-refractivity contribution in [3.63, 3.8) is 0 Å². The van der Waals surface area contributed by atoms with E-state index in [1.165, 1.54) is 0 Å². The second-order valence-corrected chi connectivity index (χ2v) is 6.57. The number of hydrogen-bond donors (Lipinski definition) is 2. The van der Waals surface area contributed by atoms with Gasteiger partial charge in [0.15, 0.2) is 0 Å². The normalized spacial score (nSPS) is 16.5. The van der Waals surface area contributed by atoms with Gasteiger partial charge in [-0.3, -0.25) is 4.79 Å². The Balaban J connectivity index is 1.55. The first-order valence-electron chi connectivity index (χ1n) is 8.82. The molecule has 3 rings (SSSR count). The lowest BCUT2D eigenvalue weighted by Crippen LogP contribution is -2.41. The van der Waals surface area contributed by atoms with Gasteiger partial charge >= 0.3 is 0 Å². The lowest BCUT2D eigenvalue weighted by Gasteiger charge is -2.34. The van der Waals surface area contributed by atoms with Crippen LogP contribution in [-0.4, -0.2) is 47.1 Å². The van der Waals surface area contributed by atoms with Gasteiger partial charge in [-0.25, -0.2) is 4.98 Å². The highest BCUT2D eigenvalue weighted by Gasteiger charge is 2.28. The lowest BCUT2D eigenvalue weighted by molar-refractivity contribution is 0.0467. The van der Waals surface area contributed by atoms with Crippen LogP contribution in [0.15, 0.2) is 48.7 Å². The fraction of sp³-hybridized carbons (Fsp3) is 0.400. The predicted octanol–water partition coefficient (Wildman–Crippen LogP) is 2.58. The summed E-state index contributed by atoms with van der Waals surface area (Å²) in [5, 5.41) is 13.5. The van der Waals surface area contributed by atoms with Crippen molar-refractivity contribution in [3.05, 3.63) is 59.8 Å². The molecule has 2 N–H and O–H groups in total. The fourth-order valence-corrected chi connectivity index (χ4v) is 3.39. The topological polar surface area (TPSA) is 65.5 Å². The minimum atomic E-state index is -0.350. The second kappa shape index (κ2) is 8.12. The minimum Gasteiger partial charge on any atom is -0.392 e. The van der Waals surface area contributed by atoms with E-state index in [2.05, 4.69) is 10.3 Å². The quantitative estimate of drug-likeness (QED) is 0.879. The highest BCUT2D eigenvalue weighted by atomic mass is 16.3. The molecule has 1 aliphatic rings. The number of nitrogens with one attached hydrogen (secondary N) is 1. The molecule has 1 unspecified atom stereocenters. The molecule has 0 spiro atoms. The minimum absolute atomic E-state index is 0.0369. The molecular weight excluding hydrogens is 314 g/mol. The first kappa shape index (κ1) is 17.4. The van der Waals surface area contributed by atoms with Crippen LogP contribution in [0.1, 0.15) is 28.8 Å². The third kappa shape index (κ3) is 4.37. The maximum absolute atomic E-state index is 12.6. The molecule has 2 heterocycles. The molecule has 1 amide bonds. The molecule has 1 fully saturated rings. The zero-order valence-corrected chi connectivity index (χ0v) is 14.6. The smallest absolute Gasteiger partial charge is 0.254 e. The van der Waals surface area contributed by atoms with Gasteiger partial charge in [-0.1, -0.05) is 30.3 Å². The van der Waals surface area contributed by atoms with Crippen LogP contribution in [0.3, 0.4) is 0 Å². The number of aromatic nitrogens is 1. The molecule has 5 nitrogen and oxygen atoms in total. The number of pyridine rings is 1. The number of amides is 1. The Morgan fingerprint density at radius 2 is 2.00 bits per heavy atom. The number of likely N-dealkylation sites (tertiary alicyclic amines) is 1. The second-order valence-electron chi connectivity index (χ2n) is 6.57. The Hall–Kier alpha value is -2.40. The van der Waals surface area contributed by atoms with E-state index in [0.717, 1.165) is 18.4 Å². The summed E-state index contributed by atoms with van der Waals surface area (Å²) in [5.74, 6) is 0.975. The number of anilines is 1. The molecule has 0 bridgehead atoms. The van der Waals surface area contributed by atoms with Crippen molar-refractivity contribution < 1.29 is 9.90 Å². The van der Waals surface area contributed by atoms with Crippen LogP contribution >= 0.6 is 0 Å². The Morgan fingerprint density at radius 3 is 2.68 bits per heavy atom. The van der Waals surface area contributed by atoms with E-state index in [-0.39, 0.29) is 17.9 Å². The van der Waals surface area contributed by atoms with Crippen molar-refractivity contribution in [3.8, 4) is 0 Å². The number of rotatable bonds is 5. The number of hydrogen-bond acceptors (Lipinski definition) is 4. The standard InChI is InChI=1S/C20H25N3O2/c1-21-19-14-17(7-10-22-19)20(25)23-11-8-16(9-12-23)18(24)13-15-5-3-2-4-6-15/h2-7,10,14,16,18,24H,8-9,11-13H2,1H3,(H,21,22). The summed E-state index contributed by atoms with van der Waals surface area (Å²) in [7, 11) is 1.79. The van der Waals surface area contributed by atoms with Gasteiger partial charge in [0, 0.05) is 31.9 Å². The summed E-state index contributed by atoms with van der Waals surface area (Å²) >= 11 is 0. The van der Waals surface area contributed by atoms with Crippen molar-refractivity contribution >= 4 is 11.7 Å². The monoisotopic (exact) mass is 339 g/mol. The number of carbonyl (C=O) groups excluding carboxylic acids is 1. The van der Waals surface area contributed by atoms with Gasteiger partial charge in [0.2, 0.25) is 0 Å². The Bertz CT molecular complexity index is 697. The zero-order chi connectivity index (χ0) is 17.6. The molecule has 0 saturated carbocycles. The van der Waals surface area contributed by atoms with E-state index in [4.69, 9.17) is 0 Å². The fourth-order valence-electron chi connectivity index (χ4n) is 3.39. The highest BCUT2D eigenvalue weighted by molar-refractivity contribution is 5.94. The molecule has 5 heteroatoms.